The van der Waals surface area contributed by atoms with Crippen molar-refractivity contribution in [1.82, 2.24) is 20.2 Å². The van der Waals surface area contributed by atoms with Crippen molar-refractivity contribution in [2.24, 2.45) is 0 Å². The molecule has 3 aromatic rings. The van der Waals surface area contributed by atoms with E-state index in [0.29, 0.717) is 26.8 Å². The number of amides is 4. The Hall–Kier alpha value is -3.24. The van der Waals surface area contributed by atoms with Gasteiger partial charge in [0.05, 0.1) is 11.9 Å². The fraction of sp³-hybridized carbons (Fsp3) is 0.286. The average Bonchev–Trinajstić information content (AvgIpc) is 3.14. The zero-order valence-electron chi connectivity index (χ0n) is 17.3. The van der Waals surface area contributed by atoms with Gasteiger partial charge in [0, 0.05) is 22.0 Å². The first-order valence-electron chi connectivity index (χ1n) is 9.89. The number of hydrogen-bond acceptors (Lipinski definition) is 6. The lowest BCUT2D eigenvalue weighted by Gasteiger charge is -2.24. The monoisotopic (exact) mass is 473 g/mol. The van der Waals surface area contributed by atoms with Crippen molar-refractivity contribution in [3.05, 3.63) is 55.9 Å². The molecule has 0 bridgehead atoms. The summed E-state index contributed by atoms with van der Waals surface area (Å²) in [5.41, 5.74) is 1.13. The van der Waals surface area contributed by atoms with Crippen LogP contribution in [-0.4, -0.2) is 27.4 Å². The van der Waals surface area contributed by atoms with E-state index in [2.05, 4.69) is 20.9 Å². The summed E-state index contributed by atoms with van der Waals surface area (Å²) in [6, 6.07) is 5.72. The third-order valence-corrected chi connectivity index (χ3v) is 6.64. The molecule has 0 radical (unpaired) electrons. The molecule has 1 atom stereocenters. The first-order chi connectivity index (χ1) is 15.2. The second kappa shape index (κ2) is 8.71. The number of anilines is 1. The highest BCUT2D eigenvalue weighted by atomic mass is 35.5. The summed E-state index contributed by atoms with van der Waals surface area (Å²) in [5, 5.41) is 8.65. The molecule has 3 heterocycles. The predicted octanol–water partition coefficient (Wildman–Crippen LogP) is 3.03. The molecule has 0 spiro atoms. The number of fused-ring (bicyclic) bond motifs is 1. The predicted molar refractivity (Wildman–Crippen MR) is 122 cm³/mol. The number of carbonyl (C=O) groups is 3. The van der Waals surface area contributed by atoms with Gasteiger partial charge >= 0.3 is 6.03 Å². The van der Waals surface area contributed by atoms with Gasteiger partial charge in [0.15, 0.2) is 0 Å². The van der Waals surface area contributed by atoms with E-state index in [4.69, 9.17) is 11.6 Å². The summed E-state index contributed by atoms with van der Waals surface area (Å²) in [6.07, 6.45) is 0.417. The number of benzene rings is 1. The number of imide groups is 1. The zero-order valence-corrected chi connectivity index (χ0v) is 18.9. The van der Waals surface area contributed by atoms with Gasteiger partial charge in [-0.1, -0.05) is 17.7 Å². The van der Waals surface area contributed by atoms with Gasteiger partial charge in [0.25, 0.3) is 5.56 Å². The number of halogens is 1. The summed E-state index contributed by atoms with van der Waals surface area (Å²) < 4.78 is 1.34. The molecular formula is C21H20ClN5O4S. The molecule has 1 aliphatic heterocycles. The van der Waals surface area contributed by atoms with Crippen LogP contribution in [0.5, 0.6) is 0 Å². The lowest BCUT2D eigenvalue weighted by molar-refractivity contribution is -0.135. The van der Waals surface area contributed by atoms with Crippen LogP contribution < -0.4 is 21.5 Å². The summed E-state index contributed by atoms with van der Waals surface area (Å²) >= 11 is 7.37. The van der Waals surface area contributed by atoms with Crippen LogP contribution in [0, 0.1) is 13.8 Å². The number of nitrogens with one attached hydrogen (secondary N) is 3. The van der Waals surface area contributed by atoms with E-state index >= 15 is 0 Å². The third kappa shape index (κ3) is 4.37. The maximum absolute atomic E-state index is 13.1. The minimum atomic E-state index is -0.773. The molecule has 1 aromatic carbocycles. The molecule has 4 amide bonds. The van der Waals surface area contributed by atoms with E-state index < -0.39 is 18.0 Å². The molecule has 0 saturated carbocycles. The minimum absolute atomic E-state index is 0.167. The number of urea groups is 1. The lowest BCUT2D eigenvalue weighted by Crippen LogP contribution is -2.45. The number of carbonyl (C=O) groups excluding carboxylic acids is 3. The second-order valence-corrected chi connectivity index (χ2v) is 9.03. The molecule has 2 aromatic heterocycles. The SMILES string of the molecule is Cc1ccc(NC(=O)NCc2cc3c(=O)n(C4CCC(=O)NC4=O)c(C)nc3s2)cc1Cl. The first kappa shape index (κ1) is 22.0. The Bertz CT molecular complexity index is 1320. The van der Waals surface area contributed by atoms with Crippen LogP contribution in [-0.2, 0) is 16.1 Å². The number of nitrogens with zero attached hydrogens (tertiary/aromatic N) is 2. The third-order valence-electron chi connectivity index (χ3n) is 5.20. The van der Waals surface area contributed by atoms with Gasteiger partial charge in [-0.3, -0.25) is 24.3 Å². The summed E-state index contributed by atoms with van der Waals surface area (Å²) in [7, 11) is 0. The fourth-order valence-electron chi connectivity index (χ4n) is 3.54. The number of thiophene rings is 1. The number of hydrogen-bond donors (Lipinski definition) is 3. The van der Waals surface area contributed by atoms with Gasteiger partial charge < -0.3 is 10.6 Å². The van der Waals surface area contributed by atoms with Gasteiger partial charge in [-0.15, -0.1) is 11.3 Å². The number of rotatable bonds is 4. The molecule has 1 saturated heterocycles. The van der Waals surface area contributed by atoms with Crippen molar-refractivity contribution in [1.29, 1.82) is 0 Å². The molecule has 1 aliphatic rings. The van der Waals surface area contributed by atoms with Gasteiger partial charge in [0.2, 0.25) is 11.8 Å². The van der Waals surface area contributed by atoms with Crippen molar-refractivity contribution in [3.63, 3.8) is 0 Å². The van der Waals surface area contributed by atoms with Crippen LogP contribution >= 0.6 is 22.9 Å². The number of piperidine rings is 1. The second-order valence-electron chi connectivity index (χ2n) is 7.50. The Morgan fingerprint density at radius 2 is 2.06 bits per heavy atom. The smallest absolute Gasteiger partial charge is 0.319 e. The highest BCUT2D eigenvalue weighted by Gasteiger charge is 2.30. The molecule has 32 heavy (non-hydrogen) atoms. The van der Waals surface area contributed by atoms with Crippen molar-refractivity contribution in [2.45, 2.75) is 39.3 Å². The molecule has 166 valence electrons. The van der Waals surface area contributed by atoms with Crippen molar-refractivity contribution in [2.75, 3.05) is 5.32 Å². The van der Waals surface area contributed by atoms with Crippen LogP contribution in [0.2, 0.25) is 5.02 Å². The van der Waals surface area contributed by atoms with Crippen molar-refractivity contribution < 1.29 is 14.4 Å². The summed E-state index contributed by atoms with van der Waals surface area (Å²) in [4.78, 5) is 54.7. The molecule has 3 N–H and O–H groups in total. The van der Waals surface area contributed by atoms with Gasteiger partial charge in [-0.05, 0) is 44.0 Å². The van der Waals surface area contributed by atoms with Crippen LogP contribution in [0.1, 0.15) is 35.1 Å². The van der Waals surface area contributed by atoms with Gasteiger partial charge in [-0.2, -0.15) is 0 Å². The van der Waals surface area contributed by atoms with E-state index in [-0.39, 0.29) is 30.9 Å². The molecule has 9 nitrogen and oxygen atoms in total. The molecule has 1 fully saturated rings. The maximum atomic E-state index is 13.1. The maximum Gasteiger partial charge on any atom is 0.319 e. The van der Waals surface area contributed by atoms with Crippen LogP contribution in [0.15, 0.2) is 29.1 Å². The Morgan fingerprint density at radius 3 is 2.78 bits per heavy atom. The highest BCUT2D eigenvalue weighted by molar-refractivity contribution is 7.18. The molecule has 1 unspecified atom stereocenters. The molecule has 0 aliphatic carbocycles. The topological polar surface area (TPSA) is 122 Å². The summed E-state index contributed by atoms with van der Waals surface area (Å²) in [5.74, 6) is -0.453. The van der Waals surface area contributed by atoms with E-state index in [1.165, 1.54) is 15.9 Å². The van der Waals surface area contributed by atoms with E-state index in [1.54, 1.807) is 25.1 Å². The number of aryl methyl sites for hydroxylation is 2. The normalized spacial score (nSPS) is 16.2. The van der Waals surface area contributed by atoms with Crippen molar-refractivity contribution in [3.8, 4) is 0 Å². The minimum Gasteiger partial charge on any atom is -0.333 e. The number of aromatic nitrogens is 2. The molecule has 11 heteroatoms. The van der Waals surface area contributed by atoms with Gasteiger partial charge in [-0.25, -0.2) is 9.78 Å². The first-order valence-corrected chi connectivity index (χ1v) is 11.1. The Balaban J connectivity index is 1.51. The van der Waals surface area contributed by atoms with E-state index in [0.717, 1.165) is 10.4 Å². The highest BCUT2D eigenvalue weighted by Crippen LogP contribution is 2.25. The lowest BCUT2D eigenvalue weighted by atomic mass is 10.1. The largest absolute Gasteiger partial charge is 0.333 e. The molecule has 4 rings (SSSR count). The molecular weight excluding hydrogens is 454 g/mol. The standard InChI is InChI=1S/C21H20ClN5O4S/c1-10-3-4-12(7-15(10)22)25-21(31)23-9-13-8-14-19(32-13)24-11(2)27(20(14)30)16-5-6-17(28)26-18(16)29/h3-4,7-8,16H,5-6,9H2,1-2H3,(H2,23,25,31)(H,26,28,29). The van der Waals surface area contributed by atoms with Crippen LogP contribution in [0.4, 0.5) is 10.5 Å². The van der Waals surface area contributed by atoms with E-state index in [9.17, 15) is 19.2 Å². The van der Waals surface area contributed by atoms with Crippen molar-refractivity contribution >= 4 is 56.7 Å². The Kier molecular flexibility index (Phi) is 5.98. The zero-order chi connectivity index (χ0) is 23.0. The Labute approximate surface area is 191 Å². The van der Waals surface area contributed by atoms with Crippen LogP contribution in [0.3, 0.4) is 0 Å². The van der Waals surface area contributed by atoms with E-state index in [1.807, 2.05) is 13.0 Å². The Morgan fingerprint density at radius 1 is 1.28 bits per heavy atom. The average molecular weight is 474 g/mol. The van der Waals surface area contributed by atoms with Gasteiger partial charge in [0.1, 0.15) is 16.7 Å². The quantitative estimate of drug-likeness (QED) is 0.503. The van der Waals surface area contributed by atoms with Crippen LogP contribution in [0.25, 0.3) is 10.2 Å². The summed E-state index contributed by atoms with van der Waals surface area (Å²) in [6.45, 7) is 3.73. The fourth-order valence-corrected chi connectivity index (χ4v) is 4.73.